The predicted octanol–water partition coefficient (Wildman–Crippen LogP) is 1.91. The van der Waals surface area contributed by atoms with Crippen LogP contribution in [-0.2, 0) is 0 Å². The summed E-state index contributed by atoms with van der Waals surface area (Å²) in [7, 11) is 3.63. The summed E-state index contributed by atoms with van der Waals surface area (Å²) in [5.74, 6) is 0. The molecule has 1 atom stereocenters. The molecule has 2 amide bonds. The number of hydrogen-bond donors (Lipinski definition) is 2. The Hall–Kier alpha value is -1.14. The average Bonchev–Trinajstić information content (AvgIpc) is 2.75. The van der Waals surface area contributed by atoms with Crippen molar-refractivity contribution < 1.29 is 4.79 Å². The molecule has 0 spiro atoms. The summed E-state index contributed by atoms with van der Waals surface area (Å²) in [6, 6.07) is 0.0753. The number of nitrogens with one attached hydrogen (secondary N) is 2. The lowest BCUT2D eigenvalue weighted by atomic mass is 10.3. The van der Waals surface area contributed by atoms with E-state index in [0.717, 1.165) is 5.69 Å². The zero-order valence-corrected chi connectivity index (χ0v) is 10.9. The molecule has 0 aliphatic rings. The molecule has 1 aromatic rings. The fraction of sp³-hybridized carbons (Fsp3) is 0.600. The van der Waals surface area contributed by atoms with Crippen LogP contribution < -0.4 is 10.6 Å². The molecule has 0 aliphatic carbocycles. The maximum atomic E-state index is 11.6. The van der Waals surface area contributed by atoms with E-state index in [1.807, 2.05) is 26.3 Å². The Labute approximate surface area is 99.9 Å². The number of hydrogen-bond acceptors (Lipinski definition) is 4. The summed E-state index contributed by atoms with van der Waals surface area (Å²) in [5, 5.41) is 8.45. The van der Waals surface area contributed by atoms with Crippen LogP contribution in [0.2, 0.25) is 0 Å². The molecule has 0 aromatic carbocycles. The second-order valence-electron chi connectivity index (χ2n) is 3.53. The molecule has 5 nitrogen and oxygen atoms in total. The van der Waals surface area contributed by atoms with Crippen LogP contribution in [0, 0.1) is 0 Å². The summed E-state index contributed by atoms with van der Waals surface area (Å²) < 4.78 is 0. The molecule has 2 N–H and O–H groups in total. The molecular formula is C10H18N4OS. The first-order valence-corrected chi connectivity index (χ1v) is 6.11. The van der Waals surface area contributed by atoms with E-state index in [4.69, 9.17) is 0 Å². The van der Waals surface area contributed by atoms with Crippen molar-refractivity contribution in [3.8, 4) is 0 Å². The lowest BCUT2D eigenvalue weighted by molar-refractivity contribution is 0.224. The van der Waals surface area contributed by atoms with Crippen molar-refractivity contribution in [1.82, 2.24) is 15.2 Å². The van der Waals surface area contributed by atoms with Crippen LogP contribution in [0.5, 0.6) is 0 Å². The van der Waals surface area contributed by atoms with E-state index in [2.05, 4.69) is 15.6 Å². The van der Waals surface area contributed by atoms with Gasteiger partial charge in [-0.15, -0.1) is 11.3 Å². The van der Waals surface area contributed by atoms with Crippen LogP contribution in [0.15, 0.2) is 5.38 Å². The molecule has 1 aromatic heterocycles. The zero-order valence-electron chi connectivity index (χ0n) is 10.1. The van der Waals surface area contributed by atoms with Gasteiger partial charge in [0.1, 0.15) is 0 Å². The third-order valence-corrected chi connectivity index (χ3v) is 3.21. The first-order chi connectivity index (χ1) is 7.58. The normalized spacial score (nSPS) is 12.2. The van der Waals surface area contributed by atoms with Gasteiger partial charge < -0.3 is 10.2 Å². The number of thiazole rings is 1. The van der Waals surface area contributed by atoms with E-state index < -0.39 is 0 Å². The van der Waals surface area contributed by atoms with Gasteiger partial charge in [0, 0.05) is 25.0 Å². The van der Waals surface area contributed by atoms with E-state index in [0.29, 0.717) is 11.7 Å². The second kappa shape index (κ2) is 5.81. The highest BCUT2D eigenvalue weighted by atomic mass is 32.1. The van der Waals surface area contributed by atoms with Gasteiger partial charge in [-0.1, -0.05) is 0 Å². The Morgan fingerprint density at radius 3 is 2.94 bits per heavy atom. The highest BCUT2D eigenvalue weighted by molar-refractivity contribution is 7.13. The van der Waals surface area contributed by atoms with E-state index in [1.54, 1.807) is 11.9 Å². The number of aromatic nitrogens is 1. The molecule has 6 heteroatoms. The monoisotopic (exact) mass is 242 g/mol. The molecule has 1 rings (SSSR count). The van der Waals surface area contributed by atoms with E-state index in [9.17, 15) is 4.79 Å². The Morgan fingerprint density at radius 1 is 1.69 bits per heavy atom. The Morgan fingerprint density at radius 2 is 2.38 bits per heavy atom. The van der Waals surface area contributed by atoms with Gasteiger partial charge >= 0.3 is 6.03 Å². The van der Waals surface area contributed by atoms with Crippen LogP contribution in [0.25, 0.3) is 0 Å². The highest BCUT2D eigenvalue weighted by Gasteiger charge is 2.11. The SMILES string of the molecule is CCN(C)C(=O)Nc1nc(C(C)NC)cs1. The second-order valence-corrected chi connectivity index (χ2v) is 4.39. The van der Waals surface area contributed by atoms with Gasteiger partial charge in [0.25, 0.3) is 0 Å². The number of anilines is 1. The van der Waals surface area contributed by atoms with Crippen molar-refractivity contribution in [1.29, 1.82) is 0 Å². The third-order valence-electron chi connectivity index (χ3n) is 2.43. The quantitative estimate of drug-likeness (QED) is 0.848. The standard InChI is InChI=1S/C10H18N4OS/c1-5-14(4)10(15)13-9-12-8(6-16-9)7(2)11-3/h6-7,11H,5H2,1-4H3,(H,12,13,15). The minimum absolute atomic E-state index is 0.125. The van der Waals surface area contributed by atoms with Crippen molar-refractivity contribution >= 4 is 22.5 Å². The van der Waals surface area contributed by atoms with Crippen molar-refractivity contribution in [2.45, 2.75) is 19.9 Å². The number of urea groups is 1. The molecule has 1 heterocycles. The van der Waals surface area contributed by atoms with E-state index >= 15 is 0 Å². The number of nitrogens with zero attached hydrogens (tertiary/aromatic N) is 2. The van der Waals surface area contributed by atoms with Crippen LogP contribution in [0.3, 0.4) is 0 Å². The van der Waals surface area contributed by atoms with Gasteiger partial charge in [0.2, 0.25) is 0 Å². The van der Waals surface area contributed by atoms with Crippen molar-refractivity contribution in [2.24, 2.45) is 0 Å². The smallest absolute Gasteiger partial charge is 0.323 e. The minimum Gasteiger partial charge on any atom is -0.328 e. The van der Waals surface area contributed by atoms with Gasteiger partial charge in [-0.05, 0) is 20.9 Å². The molecule has 0 radical (unpaired) electrons. The number of rotatable bonds is 4. The average molecular weight is 242 g/mol. The number of amides is 2. The fourth-order valence-electron chi connectivity index (χ4n) is 1.02. The van der Waals surface area contributed by atoms with E-state index in [-0.39, 0.29) is 12.1 Å². The largest absolute Gasteiger partial charge is 0.328 e. The Kier molecular flexibility index (Phi) is 4.70. The fourth-order valence-corrected chi connectivity index (χ4v) is 1.81. The molecule has 16 heavy (non-hydrogen) atoms. The van der Waals surface area contributed by atoms with Gasteiger partial charge in [-0.25, -0.2) is 9.78 Å². The maximum absolute atomic E-state index is 11.6. The molecule has 1 unspecified atom stereocenters. The highest BCUT2D eigenvalue weighted by Crippen LogP contribution is 2.20. The van der Waals surface area contributed by atoms with E-state index in [1.165, 1.54) is 11.3 Å². The van der Waals surface area contributed by atoms with Crippen molar-refractivity contribution in [3.63, 3.8) is 0 Å². The van der Waals surface area contributed by atoms with Gasteiger partial charge in [0.15, 0.2) is 5.13 Å². The summed E-state index contributed by atoms with van der Waals surface area (Å²) in [4.78, 5) is 17.5. The van der Waals surface area contributed by atoms with Crippen molar-refractivity contribution in [3.05, 3.63) is 11.1 Å². The maximum Gasteiger partial charge on any atom is 0.323 e. The minimum atomic E-state index is -0.125. The zero-order chi connectivity index (χ0) is 12.1. The first kappa shape index (κ1) is 12.9. The number of carbonyl (C=O) groups excluding carboxylic acids is 1. The summed E-state index contributed by atoms with van der Waals surface area (Å²) >= 11 is 1.44. The Bertz CT molecular complexity index is 352. The predicted molar refractivity (Wildman–Crippen MR) is 66.9 cm³/mol. The molecular weight excluding hydrogens is 224 g/mol. The lowest BCUT2D eigenvalue weighted by Crippen LogP contribution is -2.30. The Balaban J connectivity index is 2.62. The molecule has 90 valence electrons. The molecule has 0 saturated heterocycles. The van der Waals surface area contributed by atoms with Crippen LogP contribution >= 0.6 is 11.3 Å². The van der Waals surface area contributed by atoms with Gasteiger partial charge in [0.05, 0.1) is 5.69 Å². The van der Waals surface area contributed by atoms with Gasteiger partial charge in [-0.3, -0.25) is 5.32 Å². The van der Waals surface area contributed by atoms with Crippen molar-refractivity contribution in [2.75, 3.05) is 26.0 Å². The summed E-state index contributed by atoms with van der Waals surface area (Å²) in [5.41, 5.74) is 0.946. The third kappa shape index (κ3) is 3.18. The van der Waals surface area contributed by atoms with Crippen LogP contribution in [0.4, 0.5) is 9.93 Å². The molecule has 0 saturated carbocycles. The molecule has 0 fully saturated rings. The summed E-state index contributed by atoms with van der Waals surface area (Å²) in [6.45, 7) is 4.63. The topological polar surface area (TPSA) is 57.3 Å². The van der Waals surface area contributed by atoms with Gasteiger partial charge in [-0.2, -0.15) is 0 Å². The number of carbonyl (C=O) groups is 1. The van der Waals surface area contributed by atoms with Crippen LogP contribution in [0.1, 0.15) is 25.6 Å². The first-order valence-electron chi connectivity index (χ1n) is 5.23. The lowest BCUT2D eigenvalue weighted by Gasteiger charge is -2.13. The molecule has 0 bridgehead atoms. The van der Waals surface area contributed by atoms with Crippen LogP contribution in [-0.4, -0.2) is 36.6 Å². The summed E-state index contributed by atoms with van der Waals surface area (Å²) in [6.07, 6.45) is 0. The molecule has 0 aliphatic heterocycles.